The molecular weight excluding hydrogens is 545 g/mol. The molecule has 1 fully saturated rings. The van der Waals surface area contributed by atoms with E-state index in [1.807, 2.05) is 12.1 Å². The zero-order valence-corrected chi connectivity index (χ0v) is 22.8. The van der Waals surface area contributed by atoms with Crippen molar-refractivity contribution in [1.82, 2.24) is 4.98 Å². The van der Waals surface area contributed by atoms with Crippen LogP contribution >= 0.6 is 0 Å². The van der Waals surface area contributed by atoms with Gasteiger partial charge in [0.1, 0.15) is 11.9 Å². The van der Waals surface area contributed by atoms with Gasteiger partial charge in [-0.3, -0.25) is 9.59 Å². The van der Waals surface area contributed by atoms with Crippen LogP contribution in [-0.2, 0) is 22.2 Å². The molecule has 1 atom stereocenters. The molecule has 42 heavy (non-hydrogen) atoms. The van der Waals surface area contributed by atoms with Gasteiger partial charge >= 0.3 is 6.18 Å². The van der Waals surface area contributed by atoms with Crippen molar-refractivity contribution in [3.05, 3.63) is 101 Å². The van der Waals surface area contributed by atoms with Gasteiger partial charge in [-0.25, -0.2) is 4.98 Å². The van der Waals surface area contributed by atoms with Gasteiger partial charge in [0.2, 0.25) is 5.91 Å². The highest BCUT2D eigenvalue weighted by Crippen LogP contribution is 2.32. The first-order chi connectivity index (χ1) is 20.2. The number of nitrogens with zero attached hydrogens (tertiary/aromatic N) is 2. The van der Waals surface area contributed by atoms with E-state index in [1.165, 1.54) is 37.1 Å². The third kappa shape index (κ3) is 6.88. The lowest BCUT2D eigenvalue weighted by atomic mass is 9.97. The van der Waals surface area contributed by atoms with Crippen LogP contribution in [0.1, 0.15) is 47.9 Å². The standard InChI is InChI=1S/C32H31F3N4O3/c33-32(34,35)23-14-11-21(12-15-23)24(22-13-16-29(36-20-22)39-17-3-1-2-4-18-39)7-5-10-30(41)37-26-8-6-9-27-25(26)19-28(40)31(42)38-27/h5-16,20,28,40H,1-4,17-19H2,(H,37,41)(H,38,42)/b10-5+,24-7+. The number of alkyl halides is 3. The highest BCUT2D eigenvalue weighted by molar-refractivity contribution is 6.03. The van der Waals surface area contributed by atoms with Crippen LogP contribution in [0.15, 0.2) is 79.0 Å². The van der Waals surface area contributed by atoms with Crippen LogP contribution in [0.4, 0.5) is 30.4 Å². The van der Waals surface area contributed by atoms with Gasteiger partial charge in [0.25, 0.3) is 5.91 Å². The summed E-state index contributed by atoms with van der Waals surface area (Å²) in [6.45, 7) is 1.86. The molecule has 3 heterocycles. The summed E-state index contributed by atoms with van der Waals surface area (Å²) in [6.07, 6.45) is 5.20. The Morgan fingerprint density at radius 2 is 1.71 bits per heavy atom. The first-order valence-corrected chi connectivity index (χ1v) is 13.9. The van der Waals surface area contributed by atoms with Crippen molar-refractivity contribution in [3.63, 3.8) is 0 Å². The maximum absolute atomic E-state index is 13.2. The number of benzene rings is 2. The van der Waals surface area contributed by atoms with Gasteiger partial charge < -0.3 is 20.6 Å². The average molecular weight is 577 g/mol. The van der Waals surface area contributed by atoms with Crippen molar-refractivity contribution in [2.24, 2.45) is 0 Å². The molecule has 3 N–H and O–H groups in total. The Kier molecular flexibility index (Phi) is 8.72. The molecule has 2 aliphatic rings. The summed E-state index contributed by atoms with van der Waals surface area (Å²) < 4.78 is 39.6. The molecule has 3 aromatic rings. The van der Waals surface area contributed by atoms with E-state index < -0.39 is 29.7 Å². The Labute approximate surface area is 241 Å². The number of rotatable bonds is 6. The van der Waals surface area contributed by atoms with Gasteiger partial charge in [-0.15, -0.1) is 0 Å². The van der Waals surface area contributed by atoms with Gasteiger partial charge in [0.15, 0.2) is 0 Å². The lowest BCUT2D eigenvalue weighted by molar-refractivity contribution is -0.137. The van der Waals surface area contributed by atoms with Crippen LogP contribution in [0.2, 0.25) is 0 Å². The zero-order chi connectivity index (χ0) is 29.7. The molecule has 7 nitrogen and oxygen atoms in total. The molecule has 5 rings (SSSR count). The molecule has 0 spiro atoms. The fraction of sp³-hybridized carbons (Fsp3) is 0.281. The number of aromatic nitrogens is 1. The number of anilines is 3. The first kappa shape index (κ1) is 29.1. The number of pyridine rings is 1. The molecule has 0 radical (unpaired) electrons. The van der Waals surface area contributed by atoms with Gasteiger partial charge in [-0.2, -0.15) is 13.2 Å². The van der Waals surface area contributed by atoms with E-state index in [0.29, 0.717) is 33.6 Å². The van der Waals surface area contributed by atoms with Crippen molar-refractivity contribution in [2.45, 2.75) is 44.4 Å². The van der Waals surface area contributed by atoms with Crippen molar-refractivity contribution >= 4 is 34.6 Å². The number of hydrogen-bond acceptors (Lipinski definition) is 5. The lowest BCUT2D eigenvalue weighted by Gasteiger charge is -2.23. The smallest absolute Gasteiger partial charge is 0.383 e. The first-order valence-electron chi connectivity index (χ1n) is 13.9. The number of aliphatic hydroxyl groups excluding tert-OH is 1. The molecule has 218 valence electrons. The molecule has 10 heteroatoms. The van der Waals surface area contributed by atoms with Crippen molar-refractivity contribution < 1.29 is 27.9 Å². The minimum absolute atomic E-state index is 0.0692. The Bertz CT molecular complexity index is 1490. The highest BCUT2D eigenvalue weighted by Gasteiger charge is 2.30. The third-order valence-electron chi connectivity index (χ3n) is 7.41. The van der Waals surface area contributed by atoms with Crippen LogP contribution in [0.3, 0.4) is 0 Å². The van der Waals surface area contributed by atoms with E-state index in [4.69, 9.17) is 0 Å². The SMILES string of the molecule is O=C(/C=C/C=C(\c1ccc(C(F)(F)F)cc1)c1ccc(N2CCCCCC2)nc1)Nc1cccc2c1CC(O)C(=O)N2. The number of carbonyl (C=O) groups excluding carboxylic acids is 2. The average Bonchev–Trinajstić information content (AvgIpc) is 3.26. The van der Waals surface area contributed by atoms with Crippen molar-refractivity contribution in [3.8, 4) is 0 Å². The van der Waals surface area contributed by atoms with Gasteiger partial charge in [-0.1, -0.05) is 43.2 Å². The predicted molar refractivity (Wildman–Crippen MR) is 156 cm³/mol. The molecule has 1 aromatic heterocycles. The Morgan fingerprint density at radius 3 is 2.38 bits per heavy atom. The van der Waals surface area contributed by atoms with Crippen molar-refractivity contribution in [1.29, 1.82) is 0 Å². The highest BCUT2D eigenvalue weighted by atomic mass is 19.4. The fourth-order valence-electron chi connectivity index (χ4n) is 5.18. The summed E-state index contributed by atoms with van der Waals surface area (Å²) in [6, 6.07) is 13.7. The lowest BCUT2D eigenvalue weighted by Crippen LogP contribution is -2.34. The Balaban J connectivity index is 1.39. The summed E-state index contributed by atoms with van der Waals surface area (Å²) in [5, 5.41) is 15.3. The molecule has 1 unspecified atom stereocenters. The summed E-state index contributed by atoms with van der Waals surface area (Å²) >= 11 is 0. The molecule has 0 bridgehead atoms. The second-order valence-electron chi connectivity index (χ2n) is 10.4. The summed E-state index contributed by atoms with van der Waals surface area (Å²) in [5.74, 6) is -0.0944. The number of aliphatic hydroxyl groups is 1. The van der Waals surface area contributed by atoms with Crippen LogP contribution in [0, 0.1) is 0 Å². The van der Waals surface area contributed by atoms with E-state index in [9.17, 15) is 27.9 Å². The zero-order valence-electron chi connectivity index (χ0n) is 22.8. The molecule has 2 aromatic carbocycles. The second kappa shape index (κ2) is 12.6. The maximum atomic E-state index is 13.2. The third-order valence-corrected chi connectivity index (χ3v) is 7.41. The van der Waals surface area contributed by atoms with E-state index in [2.05, 4.69) is 20.5 Å². The van der Waals surface area contributed by atoms with Crippen LogP contribution in [-0.4, -0.2) is 41.1 Å². The number of carbonyl (C=O) groups is 2. The summed E-state index contributed by atoms with van der Waals surface area (Å²) in [4.78, 5) is 31.5. The Hall–Kier alpha value is -4.44. The molecule has 2 aliphatic heterocycles. The normalized spacial score (nSPS) is 17.9. The van der Waals surface area contributed by atoms with E-state index in [0.717, 1.165) is 43.9 Å². The number of hydrogen-bond donors (Lipinski definition) is 3. The number of allylic oxidation sites excluding steroid dienone is 2. The van der Waals surface area contributed by atoms with E-state index in [-0.39, 0.29) is 6.42 Å². The van der Waals surface area contributed by atoms with Gasteiger partial charge in [0, 0.05) is 54.3 Å². The Morgan fingerprint density at radius 1 is 1.00 bits per heavy atom. The van der Waals surface area contributed by atoms with Crippen LogP contribution < -0.4 is 15.5 Å². The van der Waals surface area contributed by atoms with Crippen LogP contribution in [0.25, 0.3) is 5.57 Å². The topological polar surface area (TPSA) is 94.6 Å². The van der Waals surface area contributed by atoms with Gasteiger partial charge in [-0.05, 0) is 60.4 Å². The second-order valence-corrected chi connectivity index (χ2v) is 10.4. The quantitative estimate of drug-likeness (QED) is 0.249. The fourth-order valence-corrected chi connectivity index (χ4v) is 5.18. The number of halogens is 3. The van der Waals surface area contributed by atoms with Crippen LogP contribution in [0.5, 0.6) is 0 Å². The minimum atomic E-state index is -4.45. The van der Waals surface area contributed by atoms with Crippen molar-refractivity contribution in [2.75, 3.05) is 28.6 Å². The molecule has 1 saturated heterocycles. The monoisotopic (exact) mass is 576 g/mol. The number of fused-ring (bicyclic) bond motifs is 1. The molecule has 0 aliphatic carbocycles. The van der Waals surface area contributed by atoms with E-state index >= 15 is 0 Å². The predicted octanol–water partition coefficient (Wildman–Crippen LogP) is 5.96. The number of amides is 2. The summed E-state index contributed by atoms with van der Waals surface area (Å²) in [5.41, 5.74) is 2.69. The molecular formula is C32H31F3N4O3. The number of nitrogens with one attached hydrogen (secondary N) is 2. The largest absolute Gasteiger partial charge is 0.416 e. The van der Waals surface area contributed by atoms with Gasteiger partial charge in [0.05, 0.1) is 5.56 Å². The maximum Gasteiger partial charge on any atom is 0.416 e. The molecule has 2 amide bonds. The minimum Gasteiger partial charge on any atom is -0.383 e. The molecule has 0 saturated carbocycles. The summed E-state index contributed by atoms with van der Waals surface area (Å²) in [7, 11) is 0. The van der Waals surface area contributed by atoms with E-state index in [1.54, 1.807) is 30.5 Å².